The molecule has 3 heterocycles. The molecule has 224 valence electrons. The number of rotatable bonds is 4. The van der Waals surface area contributed by atoms with Crippen molar-refractivity contribution < 1.29 is 18.0 Å². The monoisotopic (exact) mass is 581 g/mol. The summed E-state index contributed by atoms with van der Waals surface area (Å²) in [7, 11) is 3.99. The van der Waals surface area contributed by atoms with Crippen molar-refractivity contribution in [3.05, 3.63) is 76.1 Å². The summed E-state index contributed by atoms with van der Waals surface area (Å²) in [5.41, 5.74) is 0.573. The number of nitrogens with zero attached hydrogens (tertiary/aromatic N) is 5. The van der Waals surface area contributed by atoms with Crippen molar-refractivity contribution >= 4 is 16.9 Å². The highest BCUT2D eigenvalue weighted by Crippen LogP contribution is 2.49. The minimum Gasteiger partial charge on any atom is -0.324 e. The summed E-state index contributed by atoms with van der Waals surface area (Å²) in [6.45, 7) is 2.10. The standard InChI is InChI=1S/C32H38F3N5O2/c1-37(2)26-8-12-40(29(17-26)21-13-24(34)15-25(35)14-21)31(42)38-11-7-22(32(19-38)9-3-4-10-32)18-39-20-36-28-6-5-23(33)16-27(28)30(39)41/h5-6,13-16,20,22,26,29H,3-4,7-12,17-19H2,1-2H3/t22-,26+,29-/m0/s1. The van der Waals surface area contributed by atoms with E-state index in [1.807, 2.05) is 23.9 Å². The number of fused-ring (bicyclic) bond motifs is 1. The van der Waals surface area contributed by atoms with Crippen LogP contribution in [0.25, 0.3) is 10.9 Å². The lowest BCUT2D eigenvalue weighted by Gasteiger charge is -2.50. The number of urea groups is 1. The summed E-state index contributed by atoms with van der Waals surface area (Å²) in [5.74, 6) is -1.58. The fourth-order valence-electron chi connectivity index (χ4n) is 7.71. The number of halogens is 3. The maximum atomic E-state index is 14.3. The third-order valence-corrected chi connectivity index (χ3v) is 10.0. The summed E-state index contributed by atoms with van der Waals surface area (Å²) in [4.78, 5) is 37.7. The molecular weight excluding hydrogens is 543 g/mol. The Morgan fingerprint density at radius 3 is 2.45 bits per heavy atom. The van der Waals surface area contributed by atoms with Crippen LogP contribution in [0, 0.1) is 28.8 Å². The molecule has 2 aromatic carbocycles. The van der Waals surface area contributed by atoms with Gasteiger partial charge >= 0.3 is 6.03 Å². The van der Waals surface area contributed by atoms with Gasteiger partial charge in [-0.2, -0.15) is 0 Å². The molecule has 6 rings (SSSR count). The highest BCUT2D eigenvalue weighted by atomic mass is 19.1. The molecule has 3 fully saturated rings. The topological polar surface area (TPSA) is 61.7 Å². The van der Waals surface area contributed by atoms with Gasteiger partial charge in [0.25, 0.3) is 5.56 Å². The first-order valence-electron chi connectivity index (χ1n) is 15.0. The molecule has 2 aliphatic heterocycles. The van der Waals surface area contributed by atoms with Gasteiger partial charge in [-0.1, -0.05) is 12.8 Å². The second-order valence-electron chi connectivity index (χ2n) is 12.7. The molecular formula is C32H38F3N5O2. The van der Waals surface area contributed by atoms with Gasteiger partial charge in [-0.3, -0.25) is 9.36 Å². The van der Waals surface area contributed by atoms with Crippen molar-refractivity contribution in [1.29, 1.82) is 0 Å². The van der Waals surface area contributed by atoms with Crippen LogP contribution in [0.15, 0.2) is 47.5 Å². The van der Waals surface area contributed by atoms with Gasteiger partial charge < -0.3 is 14.7 Å². The second kappa shape index (κ2) is 11.4. The second-order valence-corrected chi connectivity index (χ2v) is 12.7. The van der Waals surface area contributed by atoms with E-state index in [0.717, 1.165) is 44.6 Å². The van der Waals surface area contributed by atoms with Crippen LogP contribution in [0.3, 0.4) is 0 Å². The summed E-state index contributed by atoms with van der Waals surface area (Å²) < 4.78 is 44.0. The summed E-state index contributed by atoms with van der Waals surface area (Å²) in [5, 5.41) is 0.270. The molecule has 3 atom stereocenters. The smallest absolute Gasteiger partial charge is 0.320 e. The number of benzene rings is 2. The van der Waals surface area contributed by atoms with Crippen LogP contribution in [0.5, 0.6) is 0 Å². The zero-order valence-electron chi connectivity index (χ0n) is 24.2. The van der Waals surface area contributed by atoms with Crippen LogP contribution in [-0.4, -0.2) is 70.1 Å². The first-order chi connectivity index (χ1) is 20.1. The molecule has 1 aliphatic carbocycles. The number of likely N-dealkylation sites (tertiary alicyclic amines) is 2. The van der Waals surface area contributed by atoms with E-state index in [2.05, 4.69) is 9.88 Å². The Balaban J connectivity index is 1.25. The molecule has 0 unspecified atom stereocenters. The van der Waals surface area contributed by atoms with E-state index >= 15 is 0 Å². The molecule has 10 heteroatoms. The van der Waals surface area contributed by atoms with Crippen LogP contribution >= 0.6 is 0 Å². The van der Waals surface area contributed by atoms with Crippen molar-refractivity contribution in [1.82, 2.24) is 24.3 Å². The normalized spacial score (nSPS) is 24.2. The van der Waals surface area contributed by atoms with E-state index in [1.54, 1.807) is 10.9 Å². The van der Waals surface area contributed by atoms with E-state index in [1.165, 1.54) is 30.3 Å². The highest BCUT2D eigenvalue weighted by Gasteiger charge is 2.48. The Labute approximate surface area is 243 Å². The molecule has 0 bridgehead atoms. The van der Waals surface area contributed by atoms with Crippen molar-refractivity contribution in [2.24, 2.45) is 11.3 Å². The predicted molar refractivity (Wildman–Crippen MR) is 154 cm³/mol. The fraction of sp³-hybridized carbons (Fsp3) is 0.531. The number of amides is 2. The van der Waals surface area contributed by atoms with Gasteiger partial charge in [0.15, 0.2) is 0 Å². The maximum Gasteiger partial charge on any atom is 0.320 e. The van der Waals surface area contributed by atoms with E-state index < -0.39 is 23.5 Å². The Bertz CT molecular complexity index is 1520. The van der Waals surface area contributed by atoms with Gasteiger partial charge in [0, 0.05) is 38.3 Å². The van der Waals surface area contributed by atoms with Gasteiger partial charge in [0.05, 0.1) is 23.3 Å². The Hall–Kier alpha value is -3.40. The molecule has 3 aromatic rings. The summed E-state index contributed by atoms with van der Waals surface area (Å²) >= 11 is 0. The van der Waals surface area contributed by atoms with Crippen molar-refractivity contribution in [3.8, 4) is 0 Å². The zero-order chi connectivity index (χ0) is 29.6. The van der Waals surface area contributed by atoms with Gasteiger partial charge in [0.1, 0.15) is 17.5 Å². The first-order valence-corrected chi connectivity index (χ1v) is 15.0. The van der Waals surface area contributed by atoms with Gasteiger partial charge in [-0.05, 0) is 93.4 Å². The predicted octanol–water partition coefficient (Wildman–Crippen LogP) is 5.58. The lowest BCUT2D eigenvalue weighted by molar-refractivity contribution is 0.0175. The van der Waals surface area contributed by atoms with E-state index in [9.17, 15) is 22.8 Å². The van der Waals surface area contributed by atoms with E-state index in [-0.39, 0.29) is 34.4 Å². The number of piperidine rings is 2. The van der Waals surface area contributed by atoms with Crippen LogP contribution in [0.4, 0.5) is 18.0 Å². The van der Waals surface area contributed by atoms with Gasteiger partial charge in [-0.25, -0.2) is 22.9 Å². The van der Waals surface area contributed by atoms with Crippen LogP contribution in [0.2, 0.25) is 0 Å². The quantitative estimate of drug-likeness (QED) is 0.404. The van der Waals surface area contributed by atoms with E-state index in [0.29, 0.717) is 43.7 Å². The van der Waals surface area contributed by atoms with Crippen molar-refractivity contribution in [2.75, 3.05) is 33.7 Å². The minimum absolute atomic E-state index is 0.0911. The molecule has 0 radical (unpaired) electrons. The SMILES string of the molecule is CN(C)[C@@H]1CCN(C(=O)N2CC[C@@H](Cn3cnc4ccc(F)cc4c3=O)C3(CCCC3)C2)[C@H](c2cc(F)cc(F)c2)C1. The average molecular weight is 582 g/mol. The first kappa shape index (κ1) is 28.7. The Morgan fingerprint density at radius 1 is 1.00 bits per heavy atom. The highest BCUT2D eigenvalue weighted by molar-refractivity contribution is 5.77. The van der Waals surface area contributed by atoms with Crippen LogP contribution in [0.1, 0.15) is 56.6 Å². The van der Waals surface area contributed by atoms with Crippen LogP contribution in [-0.2, 0) is 6.54 Å². The molecule has 1 aromatic heterocycles. The largest absolute Gasteiger partial charge is 0.324 e. The van der Waals surface area contributed by atoms with Crippen molar-refractivity contribution in [3.63, 3.8) is 0 Å². The van der Waals surface area contributed by atoms with Gasteiger partial charge in [-0.15, -0.1) is 0 Å². The number of carbonyl (C=O) groups is 1. The lowest BCUT2D eigenvalue weighted by Crippen LogP contribution is -2.57. The lowest BCUT2D eigenvalue weighted by atomic mass is 9.69. The molecule has 2 amide bonds. The van der Waals surface area contributed by atoms with E-state index in [4.69, 9.17) is 0 Å². The molecule has 1 saturated carbocycles. The summed E-state index contributed by atoms with van der Waals surface area (Å²) in [6.07, 6.45) is 7.73. The number of carbonyl (C=O) groups excluding carboxylic acids is 1. The molecule has 3 aliphatic rings. The number of hydrogen-bond acceptors (Lipinski definition) is 4. The Morgan fingerprint density at radius 2 is 1.74 bits per heavy atom. The van der Waals surface area contributed by atoms with Crippen LogP contribution < -0.4 is 5.56 Å². The average Bonchev–Trinajstić information content (AvgIpc) is 3.43. The molecule has 1 spiro atoms. The molecule has 42 heavy (non-hydrogen) atoms. The molecule has 7 nitrogen and oxygen atoms in total. The molecule has 2 saturated heterocycles. The van der Waals surface area contributed by atoms with Crippen molar-refractivity contribution in [2.45, 2.75) is 63.6 Å². The third-order valence-electron chi connectivity index (χ3n) is 10.0. The number of hydrogen-bond donors (Lipinski definition) is 0. The fourth-order valence-corrected chi connectivity index (χ4v) is 7.71. The number of aromatic nitrogens is 2. The zero-order valence-corrected chi connectivity index (χ0v) is 24.2. The van der Waals surface area contributed by atoms with Gasteiger partial charge in [0.2, 0.25) is 0 Å². The minimum atomic E-state index is -0.642. The summed E-state index contributed by atoms with van der Waals surface area (Å²) in [6, 6.07) is 7.30. The maximum absolute atomic E-state index is 14.3. The third kappa shape index (κ3) is 5.41. The Kier molecular flexibility index (Phi) is 7.76. The molecule has 0 N–H and O–H groups in total.